The van der Waals surface area contributed by atoms with Gasteiger partial charge in [-0.2, -0.15) is 0 Å². The van der Waals surface area contributed by atoms with Gasteiger partial charge in [-0.25, -0.2) is 0 Å². The summed E-state index contributed by atoms with van der Waals surface area (Å²) in [7, 11) is 0. The summed E-state index contributed by atoms with van der Waals surface area (Å²) < 4.78 is 11.4. The van der Waals surface area contributed by atoms with Crippen LogP contribution in [0.2, 0.25) is 0 Å². The molecule has 2 fully saturated rings. The van der Waals surface area contributed by atoms with Gasteiger partial charge in [0.2, 0.25) is 0 Å². The maximum absolute atomic E-state index is 6.00. The van der Waals surface area contributed by atoms with E-state index in [1.807, 2.05) is 12.1 Å². The van der Waals surface area contributed by atoms with E-state index in [1.165, 1.54) is 6.42 Å². The summed E-state index contributed by atoms with van der Waals surface area (Å²) in [4.78, 5) is 4.76. The number of fused-ring (bicyclic) bond motifs is 1. The van der Waals surface area contributed by atoms with Crippen molar-refractivity contribution in [2.75, 3.05) is 13.2 Å². The Labute approximate surface area is 168 Å². The van der Waals surface area contributed by atoms with Gasteiger partial charge < -0.3 is 19.8 Å². The first-order valence-electron chi connectivity index (χ1n) is 9.20. The van der Waals surface area contributed by atoms with Crippen molar-refractivity contribution >= 4 is 29.9 Å². The minimum atomic E-state index is 0. The zero-order chi connectivity index (χ0) is 17.2. The van der Waals surface area contributed by atoms with Gasteiger partial charge in [0.15, 0.2) is 5.96 Å². The molecule has 6 heteroatoms. The standard InChI is InChI=1S/C19H31N3O2.HI/c1-13(2)21-18(20-10-9-14-7-5-11-23-14)22-16-15-8-6-12-24-17(15)19(16,3)4;/h5,7,11,13,15-17H,6,8-10,12H2,1-4H3,(H2,20,21,22);1H. The molecule has 1 aliphatic heterocycles. The molecule has 3 unspecified atom stereocenters. The van der Waals surface area contributed by atoms with Gasteiger partial charge in [-0.1, -0.05) is 13.8 Å². The van der Waals surface area contributed by atoms with Gasteiger partial charge in [-0.05, 0) is 38.8 Å². The average molecular weight is 461 g/mol. The van der Waals surface area contributed by atoms with E-state index in [-0.39, 0.29) is 29.4 Å². The van der Waals surface area contributed by atoms with Crippen molar-refractivity contribution < 1.29 is 9.15 Å². The van der Waals surface area contributed by atoms with E-state index in [2.05, 4.69) is 38.3 Å². The molecule has 1 aromatic heterocycles. The van der Waals surface area contributed by atoms with Crippen molar-refractivity contribution in [3.63, 3.8) is 0 Å². The number of halogens is 1. The quantitative estimate of drug-likeness (QED) is 0.400. The number of hydrogen-bond donors (Lipinski definition) is 2. The maximum atomic E-state index is 6.00. The van der Waals surface area contributed by atoms with Crippen molar-refractivity contribution in [2.24, 2.45) is 16.3 Å². The van der Waals surface area contributed by atoms with E-state index in [0.717, 1.165) is 31.2 Å². The monoisotopic (exact) mass is 461 g/mol. The van der Waals surface area contributed by atoms with E-state index < -0.39 is 0 Å². The molecule has 0 amide bonds. The minimum absolute atomic E-state index is 0. The number of guanidine groups is 1. The lowest BCUT2D eigenvalue weighted by atomic mass is 9.55. The molecular formula is C19H32IN3O2. The van der Waals surface area contributed by atoms with E-state index in [4.69, 9.17) is 14.1 Å². The summed E-state index contributed by atoms with van der Waals surface area (Å²) in [6.45, 7) is 10.5. The lowest BCUT2D eigenvalue weighted by Crippen LogP contribution is -2.71. The molecule has 2 N–H and O–H groups in total. The molecule has 25 heavy (non-hydrogen) atoms. The van der Waals surface area contributed by atoms with Crippen LogP contribution in [0.3, 0.4) is 0 Å². The van der Waals surface area contributed by atoms with Crippen molar-refractivity contribution in [3.05, 3.63) is 24.2 Å². The molecule has 0 aromatic carbocycles. The molecule has 1 saturated heterocycles. The third-order valence-corrected chi connectivity index (χ3v) is 5.26. The summed E-state index contributed by atoms with van der Waals surface area (Å²) in [5, 5.41) is 7.14. The summed E-state index contributed by atoms with van der Waals surface area (Å²) >= 11 is 0. The number of aliphatic imine (C=N–C) groups is 1. The Morgan fingerprint density at radius 3 is 2.88 bits per heavy atom. The highest BCUT2D eigenvalue weighted by Gasteiger charge is 2.58. The Morgan fingerprint density at radius 2 is 2.20 bits per heavy atom. The molecule has 1 aliphatic carbocycles. The third kappa shape index (κ3) is 4.70. The van der Waals surface area contributed by atoms with Crippen LogP contribution in [0.4, 0.5) is 0 Å². The normalized spacial score (nSPS) is 27.9. The number of nitrogens with one attached hydrogen (secondary N) is 2. The molecule has 1 saturated carbocycles. The first-order valence-corrected chi connectivity index (χ1v) is 9.20. The van der Waals surface area contributed by atoms with Gasteiger partial charge >= 0.3 is 0 Å². The summed E-state index contributed by atoms with van der Waals surface area (Å²) in [5.41, 5.74) is 0.144. The highest BCUT2D eigenvalue weighted by atomic mass is 127. The average Bonchev–Trinajstić information content (AvgIpc) is 3.05. The van der Waals surface area contributed by atoms with Gasteiger partial charge in [0.1, 0.15) is 5.76 Å². The van der Waals surface area contributed by atoms with Crippen LogP contribution in [-0.4, -0.2) is 37.3 Å². The Balaban J connectivity index is 0.00000225. The number of hydrogen-bond acceptors (Lipinski definition) is 3. The second-order valence-corrected chi connectivity index (χ2v) is 7.90. The number of ether oxygens (including phenoxy) is 1. The topological polar surface area (TPSA) is 58.8 Å². The van der Waals surface area contributed by atoms with Crippen LogP contribution in [0.5, 0.6) is 0 Å². The van der Waals surface area contributed by atoms with Crippen LogP contribution in [0, 0.1) is 11.3 Å². The Morgan fingerprint density at radius 1 is 1.40 bits per heavy atom. The Bertz CT molecular complexity index is 557. The maximum Gasteiger partial charge on any atom is 0.191 e. The first-order chi connectivity index (χ1) is 11.5. The van der Waals surface area contributed by atoms with Crippen LogP contribution in [0.25, 0.3) is 0 Å². The van der Waals surface area contributed by atoms with Gasteiger partial charge in [0.05, 0.1) is 12.4 Å². The molecule has 1 aromatic rings. The molecule has 0 radical (unpaired) electrons. The largest absolute Gasteiger partial charge is 0.469 e. The molecular weight excluding hydrogens is 429 g/mol. The highest BCUT2D eigenvalue weighted by Crippen LogP contribution is 2.51. The number of nitrogens with zero attached hydrogens (tertiary/aromatic N) is 1. The molecule has 3 rings (SSSR count). The second kappa shape index (κ2) is 8.75. The fourth-order valence-corrected chi connectivity index (χ4v) is 4.10. The number of furan rings is 1. The summed E-state index contributed by atoms with van der Waals surface area (Å²) in [6.07, 6.45) is 5.32. The predicted molar refractivity (Wildman–Crippen MR) is 112 cm³/mol. The molecule has 0 spiro atoms. The molecule has 2 heterocycles. The molecule has 2 aliphatic rings. The van der Waals surface area contributed by atoms with Crippen molar-refractivity contribution in [1.82, 2.24) is 10.6 Å². The zero-order valence-electron chi connectivity index (χ0n) is 15.7. The van der Waals surface area contributed by atoms with Crippen LogP contribution < -0.4 is 10.6 Å². The van der Waals surface area contributed by atoms with Crippen molar-refractivity contribution in [2.45, 2.75) is 65.1 Å². The van der Waals surface area contributed by atoms with Gasteiger partial charge in [-0.15, -0.1) is 24.0 Å². The van der Waals surface area contributed by atoms with Gasteiger partial charge in [-0.3, -0.25) is 4.99 Å². The minimum Gasteiger partial charge on any atom is -0.469 e. The lowest BCUT2D eigenvalue weighted by Gasteiger charge is -2.60. The van der Waals surface area contributed by atoms with Gasteiger partial charge in [0, 0.05) is 43.0 Å². The zero-order valence-corrected chi connectivity index (χ0v) is 18.1. The van der Waals surface area contributed by atoms with E-state index in [1.54, 1.807) is 6.26 Å². The Kier molecular flexibility index (Phi) is 7.19. The summed E-state index contributed by atoms with van der Waals surface area (Å²) in [5.74, 6) is 2.48. The summed E-state index contributed by atoms with van der Waals surface area (Å²) in [6, 6.07) is 4.68. The van der Waals surface area contributed by atoms with Crippen LogP contribution >= 0.6 is 24.0 Å². The fraction of sp³-hybridized carbons (Fsp3) is 0.737. The van der Waals surface area contributed by atoms with E-state index in [0.29, 0.717) is 30.7 Å². The first kappa shape index (κ1) is 20.6. The van der Waals surface area contributed by atoms with Crippen LogP contribution in [0.15, 0.2) is 27.8 Å². The SMILES string of the molecule is CC(C)NC(=NCCc1ccco1)NC1C2CCCOC2C1(C)C.I. The fourth-order valence-electron chi connectivity index (χ4n) is 4.10. The van der Waals surface area contributed by atoms with Crippen LogP contribution in [0.1, 0.15) is 46.3 Å². The van der Waals surface area contributed by atoms with E-state index in [9.17, 15) is 0 Å². The van der Waals surface area contributed by atoms with Crippen LogP contribution in [-0.2, 0) is 11.2 Å². The lowest BCUT2D eigenvalue weighted by molar-refractivity contribution is -0.188. The predicted octanol–water partition coefficient (Wildman–Crippen LogP) is 3.59. The Hall–Kier alpha value is -0.760. The van der Waals surface area contributed by atoms with E-state index >= 15 is 0 Å². The molecule has 5 nitrogen and oxygen atoms in total. The third-order valence-electron chi connectivity index (χ3n) is 5.26. The van der Waals surface area contributed by atoms with Crippen molar-refractivity contribution in [3.8, 4) is 0 Å². The molecule has 3 atom stereocenters. The molecule has 142 valence electrons. The van der Waals surface area contributed by atoms with Gasteiger partial charge in [0.25, 0.3) is 0 Å². The smallest absolute Gasteiger partial charge is 0.191 e. The van der Waals surface area contributed by atoms with Crippen molar-refractivity contribution in [1.29, 1.82) is 0 Å². The second-order valence-electron chi connectivity index (χ2n) is 7.90. The number of rotatable bonds is 5. The molecule has 0 bridgehead atoms. The highest BCUT2D eigenvalue weighted by molar-refractivity contribution is 14.0.